The van der Waals surface area contributed by atoms with Crippen LogP contribution in [0.5, 0.6) is 0 Å². The number of carboxylic acids is 1. The van der Waals surface area contributed by atoms with Crippen LogP contribution in [0.3, 0.4) is 0 Å². The minimum atomic E-state index is -0.988. The third-order valence-corrected chi connectivity index (χ3v) is 3.51. The number of nitrogens with one attached hydrogen (secondary N) is 1. The Hall–Kier alpha value is -2.12. The van der Waals surface area contributed by atoms with E-state index in [2.05, 4.69) is 5.32 Å². The Bertz CT molecular complexity index is 481. The van der Waals surface area contributed by atoms with E-state index >= 15 is 0 Å². The highest BCUT2D eigenvalue weighted by Crippen LogP contribution is 2.21. The van der Waals surface area contributed by atoms with E-state index in [1.807, 2.05) is 0 Å². The number of carbonyl (C=O) groups is 4. The SMILES string of the molecule is CC1(C)NC(=O)N(CC(=O)N2CC(CC(=O)O)C2)C1=O. The van der Waals surface area contributed by atoms with Crippen molar-refractivity contribution < 1.29 is 24.3 Å². The number of aliphatic carboxylic acids is 1. The Balaban J connectivity index is 1.86. The van der Waals surface area contributed by atoms with E-state index in [9.17, 15) is 19.2 Å². The number of nitrogens with zero attached hydrogens (tertiary/aromatic N) is 2. The maximum absolute atomic E-state index is 11.9. The average molecular weight is 283 g/mol. The summed E-state index contributed by atoms with van der Waals surface area (Å²) in [7, 11) is 0. The predicted molar refractivity (Wildman–Crippen MR) is 66.6 cm³/mol. The van der Waals surface area contributed by atoms with Gasteiger partial charge in [-0.25, -0.2) is 4.79 Å². The molecule has 4 amide bonds. The van der Waals surface area contributed by atoms with Crippen LogP contribution in [0.1, 0.15) is 20.3 Å². The van der Waals surface area contributed by atoms with Gasteiger partial charge in [0.05, 0.1) is 6.42 Å². The van der Waals surface area contributed by atoms with Gasteiger partial charge < -0.3 is 15.3 Å². The number of carboxylic acid groups (broad SMARTS) is 1. The van der Waals surface area contributed by atoms with Gasteiger partial charge in [0.25, 0.3) is 5.91 Å². The van der Waals surface area contributed by atoms with Crippen LogP contribution < -0.4 is 5.32 Å². The zero-order valence-electron chi connectivity index (χ0n) is 11.4. The zero-order chi connectivity index (χ0) is 15.1. The van der Waals surface area contributed by atoms with Crippen LogP contribution in [0, 0.1) is 5.92 Å². The molecule has 0 spiro atoms. The van der Waals surface area contributed by atoms with Crippen LogP contribution in [-0.4, -0.2) is 63.9 Å². The molecule has 2 aliphatic rings. The molecule has 2 heterocycles. The van der Waals surface area contributed by atoms with Gasteiger partial charge in [-0.2, -0.15) is 0 Å². The molecule has 2 fully saturated rings. The van der Waals surface area contributed by atoms with Gasteiger partial charge in [0.1, 0.15) is 12.1 Å². The Kier molecular flexibility index (Phi) is 3.41. The Labute approximate surface area is 115 Å². The molecule has 8 nitrogen and oxygen atoms in total. The van der Waals surface area contributed by atoms with Crippen LogP contribution in [0.15, 0.2) is 0 Å². The fourth-order valence-corrected chi connectivity index (χ4v) is 2.35. The van der Waals surface area contributed by atoms with Crippen molar-refractivity contribution in [1.29, 1.82) is 0 Å². The van der Waals surface area contributed by atoms with Crippen molar-refractivity contribution in [1.82, 2.24) is 15.1 Å². The molecule has 0 saturated carbocycles. The highest BCUT2D eigenvalue weighted by Gasteiger charge is 2.45. The van der Waals surface area contributed by atoms with Crippen LogP contribution in [-0.2, 0) is 14.4 Å². The molecule has 2 N–H and O–H groups in total. The highest BCUT2D eigenvalue weighted by molar-refractivity contribution is 6.08. The van der Waals surface area contributed by atoms with Crippen molar-refractivity contribution in [3.05, 3.63) is 0 Å². The summed E-state index contributed by atoms with van der Waals surface area (Å²) in [5, 5.41) is 11.1. The average Bonchev–Trinajstić information content (AvgIpc) is 2.45. The van der Waals surface area contributed by atoms with E-state index in [0.29, 0.717) is 13.1 Å². The number of rotatable bonds is 4. The summed E-state index contributed by atoms with van der Waals surface area (Å²) in [6.45, 7) is 3.57. The number of hydrogen-bond acceptors (Lipinski definition) is 4. The molecule has 0 bridgehead atoms. The Morgan fingerprint density at radius 1 is 1.35 bits per heavy atom. The van der Waals surface area contributed by atoms with Gasteiger partial charge in [-0.15, -0.1) is 0 Å². The van der Waals surface area contributed by atoms with Gasteiger partial charge in [0.15, 0.2) is 0 Å². The van der Waals surface area contributed by atoms with Gasteiger partial charge in [-0.05, 0) is 13.8 Å². The lowest BCUT2D eigenvalue weighted by molar-refractivity contribution is -0.146. The van der Waals surface area contributed by atoms with Crippen molar-refractivity contribution in [3.8, 4) is 0 Å². The minimum Gasteiger partial charge on any atom is -0.481 e. The second kappa shape index (κ2) is 4.77. The molecular formula is C12H17N3O5. The summed E-state index contributed by atoms with van der Waals surface area (Å²) in [5.41, 5.74) is -0.988. The normalized spacial score (nSPS) is 21.7. The van der Waals surface area contributed by atoms with Gasteiger partial charge in [0, 0.05) is 19.0 Å². The molecular weight excluding hydrogens is 266 g/mol. The molecule has 20 heavy (non-hydrogen) atoms. The minimum absolute atomic E-state index is 0.0277. The molecule has 110 valence electrons. The standard InChI is InChI=1S/C12H17N3O5/c1-12(2)10(19)15(11(20)13-12)6-8(16)14-4-7(5-14)3-9(17)18/h7H,3-6H2,1-2H3,(H,13,20)(H,17,18). The van der Waals surface area contributed by atoms with Gasteiger partial charge in [-0.3, -0.25) is 19.3 Å². The largest absolute Gasteiger partial charge is 0.481 e. The summed E-state index contributed by atoms with van der Waals surface area (Å²) >= 11 is 0. The lowest BCUT2D eigenvalue weighted by Crippen LogP contribution is -2.54. The fourth-order valence-electron chi connectivity index (χ4n) is 2.35. The first kappa shape index (κ1) is 14.3. The number of amides is 4. The van der Waals surface area contributed by atoms with Crippen LogP contribution in [0.2, 0.25) is 0 Å². The van der Waals surface area contributed by atoms with Crippen LogP contribution in [0.25, 0.3) is 0 Å². The van der Waals surface area contributed by atoms with Gasteiger partial charge in [-0.1, -0.05) is 0 Å². The van der Waals surface area contributed by atoms with E-state index in [0.717, 1.165) is 4.90 Å². The number of likely N-dealkylation sites (tertiary alicyclic amines) is 1. The van der Waals surface area contributed by atoms with Crippen molar-refractivity contribution in [3.63, 3.8) is 0 Å². The quantitative estimate of drug-likeness (QED) is 0.660. The Morgan fingerprint density at radius 3 is 2.40 bits per heavy atom. The molecule has 0 unspecified atom stereocenters. The molecule has 0 aliphatic carbocycles. The molecule has 0 aromatic heterocycles. The first-order valence-corrected chi connectivity index (χ1v) is 6.34. The van der Waals surface area contributed by atoms with E-state index in [1.54, 1.807) is 13.8 Å². The third-order valence-electron chi connectivity index (χ3n) is 3.51. The first-order chi connectivity index (χ1) is 9.20. The smallest absolute Gasteiger partial charge is 0.325 e. The zero-order valence-corrected chi connectivity index (χ0v) is 11.4. The van der Waals surface area contributed by atoms with Crippen LogP contribution in [0.4, 0.5) is 4.79 Å². The van der Waals surface area contributed by atoms with Crippen molar-refractivity contribution in [2.24, 2.45) is 5.92 Å². The van der Waals surface area contributed by atoms with Gasteiger partial charge >= 0.3 is 12.0 Å². The first-order valence-electron chi connectivity index (χ1n) is 6.34. The summed E-state index contributed by atoms with van der Waals surface area (Å²) in [5.74, 6) is -1.71. The maximum atomic E-state index is 11.9. The van der Waals surface area contributed by atoms with E-state index in [4.69, 9.17) is 5.11 Å². The van der Waals surface area contributed by atoms with Crippen molar-refractivity contribution in [2.45, 2.75) is 25.8 Å². The van der Waals surface area contributed by atoms with E-state index in [1.165, 1.54) is 4.90 Å². The molecule has 2 rings (SSSR count). The second-order valence-electron chi connectivity index (χ2n) is 5.71. The topological polar surface area (TPSA) is 107 Å². The summed E-state index contributed by atoms with van der Waals surface area (Å²) in [4.78, 5) is 48.3. The highest BCUT2D eigenvalue weighted by atomic mass is 16.4. The monoisotopic (exact) mass is 283 g/mol. The second-order valence-corrected chi connectivity index (χ2v) is 5.71. The summed E-state index contributed by atoms with van der Waals surface area (Å²) in [6, 6.07) is -0.573. The summed E-state index contributed by atoms with van der Waals surface area (Å²) < 4.78 is 0. The van der Waals surface area contributed by atoms with Crippen molar-refractivity contribution >= 4 is 23.8 Å². The number of urea groups is 1. The predicted octanol–water partition coefficient (Wildman–Crippen LogP) is -0.750. The van der Waals surface area contributed by atoms with Gasteiger partial charge in [0.2, 0.25) is 5.91 Å². The van der Waals surface area contributed by atoms with Crippen molar-refractivity contribution in [2.75, 3.05) is 19.6 Å². The summed E-state index contributed by atoms with van der Waals surface area (Å²) in [6.07, 6.45) is 0.0277. The van der Waals surface area contributed by atoms with Crippen LogP contribution >= 0.6 is 0 Å². The molecule has 2 aliphatic heterocycles. The van der Waals surface area contributed by atoms with E-state index < -0.39 is 23.4 Å². The molecule has 8 heteroatoms. The molecule has 0 radical (unpaired) electrons. The number of hydrogen-bond donors (Lipinski definition) is 2. The molecule has 2 saturated heterocycles. The fraction of sp³-hybridized carbons (Fsp3) is 0.667. The lowest BCUT2D eigenvalue weighted by atomic mass is 9.96. The molecule has 0 aromatic rings. The Morgan fingerprint density at radius 2 is 1.95 bits per heavy atom. The lowest BCUT2D eigenvalue weighted by Gasteiger charge is -2.39. The molecule has 0 aromatic carbocycles. The number of carbonyl (C=O) groups excluding carboxylic acids is 3. The maximum Gasteiger partial charge on any atom is 0.325 e. The van der Waals surface area contributed by atoms with E-state index in [-0.39, 0.29) is 24.8 Å². The number of imide groups is 1. The molecule has 0 atom stereocenters. The third kappa shape index (κ3) is 2.59.